The summed E-state index contributed by atoms with van der Waals surface area (Å²) in [5.41, 5.74) is 0.256. The summed E-state index contributed by atoms with van der Waals surface area (Å²) in [6.07, 6.45) is 1.08. The Bertz CT molecular complexity index is 496. The molecule has 1 aromatic rings. The van der Waals surface area contributed by atoms with Crippen LogP contribution in [0.15, 0.2) is 23.1 Å². The van der Waals surface area contributed by atoms with Crippen LogP contribution >= 0.6 is 11.6 Å². The molecule has 0 spiro atoms. The molecule has 0 heterocycles. The van der Waals surface area contributed by atoms with E-state index in [4.69, 9.17) is 11.6 Å². The molecule has 0 aromatic heterocycles. The van der Waals surface area contributed by atoms with Crippen molar-refractivity contribution in [1.29, 1.82) is 0 Å². The van der Waals surface area contributed by atoms with Crippen molar-refractivity contribution in [1.82, 2.24) is 5.32 Å². The van der Waals surface area contributed by atoms with Gasteiger partial charge in [0.25, 0.3) is 5.91 Å². The van der Waals surface area contributed by atoms with Crippen molar-refractivity contribution in [2.45, 2.75) is 4.90 Å². The molecule has 1 N–H and O–H groups in total. The first-order chi connectivity index (χ1) is 6.86. The molecule has 82 valence electrons. The SMILES string of the molecule is CNC(=O)c1ccc(S(C)(=O)=O)cc1Cl. The number of rotatable bonds is 2. The van der Waals surface area contributed by atoms with Crippen LogP contribution in [0.3, 0.4) is 0 Å². The van der Waals surface area contributed by atoms with E-state index in [0.717, 1.165) is 6.26 Å². The average molecular weight is 248 g/mol. The molecule has 1 aromatic carbocycles. The second kappa shape index (κ2) is 4.20. The van der Waals surface area contributed by atoms with Crippen LogP contribution < -0.4 is 5.32 Å². The zero-order chi connectivity index (χ0) is 11.6. The molecule has 6 heteroatoms. The van der Waals surface area contributed by atoms with Gasteiger partial charge in [0.2, 0.25) is 0 Å². The number of halogens is 1. The van der Waals surface area contributed by atoms with E-state index in [1.54, 1.807) is 0 Å². The predicted octanol–water partition coefficient (Wildman–Crippen LogP) is 1.10. The van der Waals surface area contributed by atoms with Gasteiger partial charge >= 0.3 is 0 Å². The number of carbonyl (C=O) groups is 1. The largest absolute Gasteiger partial charge is 0.355 e. The van der Waals surface area contributed by atoms with E-state index in [2.05, 4.69) is 5.32 Å². The zero-order valence-electron chi connectivity index (χ0n) is 8.24. The summed E-state index contributed by atoms with van der Waals surface area (Å²) in [4.78, 5) is 11.3. The van der Waals surface area contributed by atoms with Crippen LogP contribution in [0, 0.1) is 0 Å². The number of sulfone groups is 1. The van der Waals surface area contributed by atoms with E-state index in [0.29, 0.717) is 0 Å². The third kappa shape index (κ3) is 2.70. The third-order valence-corrected chi connectivity index (χ3v) is 3.26. The highest BCUT2D eigenvalue weighted by Gasteiger charge is 2.13. The molecule has 1 amide bonds. The topological polar surface area (TPSA) is 63.2 Å². The Labute approximate surface area is 93.2 Å². The average Bonchev–Trinajstić information content (AvgIpc) is 2.15. The van der Waals surface area contributed by atoms with E-state index >= 15 is 0 Å². The second-order valence-electron chi connectivity index (χ2n) is 2.99. The monoisotopic (exact) mass is 247 g/mol. The summed E-state index contributed by atoms with van der Waals surface area (Å²) in [6, 6.07) is 4.00. The smallest absolute Gasteiger partial charge is 0.252 e. The van der Waals surface area contributed by atoms with Gasteiger partial charge in [0, 0.05) is 13.3 Å². The molecule has 0 atom stereocenters. The van der Waals surface area contributed by atoms with Crippen LogP contribution in [0.1, 0.15) is 10.4 Å². The number of hydrogen-bond acceptors (Lipinski definition) is 3. The minimum Gasteiger partial charge on any atom is -0.355 e. The lowest BCUT2D eigenvalue weighted by molar-refractivity contribution is 0.0963. The highest BCUT2D eigenvalue weighted by atomic mass is 35.5. The highest BCUT2D eigenvalue weighted by Crippen LogP contribution is 2.20. The Morgan fingerprint density at radius 2 is 2.00 bits per heavy atom. The maximum absolute atomic E-state index is 11.3. The van der Waals surface area contributed by atoms with Crippen LogP contribution in [-0.4, -0.2) is 27.6 Å². The van der Waals surface area contributed by atoms with Crippen LogP contribution in [0.4, 0.5) is 0 Å². The number of hydrogen-bond donors (Lipinski definition) is 1. The Kier molecular flexibility index (Phi) is 3.36. The fourth-order valence-corrected chi connectivity index (χ4v) is 2.02. The first-order valence-corrected chi connectivity index (χ1v) is 6.35. The van der Waals surface area contributed by atoms with Crippen molar-refractivity contribution in [3.8, 4) is 0 Å². The molecule has 15 heavy (non-hydrogen) atoms. The van der Waals surface area contributed by atoms with Gasteiger partial charge in [0.15, 0.2) is 9.84 Å². The number of amides is 1. The summed E-state index contributed by atoms with van der Waals surface area (Å²) >= 11 is 5.78. The molecule has 1 rings (SSSR count). The summed E-state index contributed by atoms with van der Waals surface area (Å²) in [6.45, 7) is 0. The van der Waals surface area contributed by atoms with Gasteiger partial charge < -0.3 is 5.32 Å². The molecule has 0 fully saturated rings. The lowest BCUT2D eigenvalue weighted by Gasteiger charge is -2.04. The Balaban J connectivity index is 3.27. The number of carbonyl (C=O) groups excluding carboxylic acids is 1. The van der Waals surface area contributed by atoms with Crippen molar-refractivity contribution < 1.29 is 13.2 Å². The van der Waals surface area contributed by atoms with Gasteiger partial charge in [-0.25, -0.2) is 8.42 Å². The van der Waals surface area contributed by atoms with Crippen molar-refractivity contribution in [3.63, 3.8) is 0 Å². The fraction of sp³-hybridized carbons (Fsp3) is 0.222. The first kappa shape index (κ1) is 12.0. The molecule has 0 aliphatic heterocycles. The van der Waals surface area contributed by atoms with Crippen LogP contribution in [0.5, 0.6) is 0 Å². The van der Waals surface area contributed by atoms with Crippen molar-refractivity contribution in [3.05, 3.63) is 28.8 Å². The van der Waals surface area contributed by atoms with Gasteiger partial charge in [-0.3, -0.25) is 4.79 Å². The molecule has 0 saturated carbocycles. The first-order valence-electron chi connectivity index (χ1n) is 4.08. The minimum atomic E-state index is -3.29. The molecule has 0 aliphatic rings. The van der Waals surface area contributed by atoms with E-state index in [1.807, 2.05) is 0 Å². The zero-order valence-corrected chi connectivity index (χ0v) is 9.82. The van der Waals surface area contributed by atoms with E-state index in [1.165, 1.54) is 25.2 Å². The lowest BCUT2D eigenvalue weighted by Crippen LogP contribution is -2.18. The molecule has 0 saturated heterocycles. The Morgan fingerprint density at radius 3 is 2.40 bits per heavy atom. The number of benzene rings is 1. The van der Waals surface area contributed by atoms with E-state index < -0.39 is 9.84 Å². The Morgan fingerprint density at radius 1 is 1.40 bits per heavy atom. The second-order valence-corrected chi connectivity index (χ2v) is 5.42. The molecule has 0 aliphatic carbocycles. The van der Waals surface area contributed by atoms with Crippen LogP contribution in [-0.2, 0) is 9.84 Å². The van der Waals surface area contributed by atoms with Crippen LogP contribution in [0.25, 0.3) is 0 Å². The van der Waals surface area contributed by atoms with Gasteiger partial charge in [0.1, 0.15) is 0 Å². The summed E-state index contributed by atoms with van der Waals surface area (Å²) in [5, 5.41) is 2.53. The lowest BCUT2D eigenvalue weighted by atomic mass is 10.2. The van der Waals surface area contributed by atoms with Crippen molar-refractivity contribution in [2.75, 3.05) is 13.3 Å². The third-order valence-electron chi connectivity index (χ3n) is 1.84. The van der Waals surface area contributed by atoms with Crippen LogP contribution in [0.2, 0.25) is 5.02 Å². The van der Waals surface area contributed by atoms with E-state index in [9.17, 15) is 13.2 Å². The normalized spacial score (nSPS) is 11.1. The number of nitrogens with one attached hydrogen (secondary N) is 1. The molecular weight excluding hydrogens is 238 g/mol. The Hall–Kier alpha value is -1.07. The van der Waals surface area contributed by atoms with Gasteiger partial charge in [-0.2, -0.15) is 0 Å². The molecule has 0 unspecified atom stereocenters. The highest BCUT2D eigenvalue weighted by molar-refractivity contribution is 7.90. The summed E-state index contributed by atoms with van der Waals surface area (Å²) < 4.78 is 22.4. The van der Waals surface area contributed by atoms with E-state index in [-0.39, 0.29) is 21.4 Å². The molecule has 4 nitrogen and oxygen atoms in total. The van der Waals surface area contributed by atoms with Gasteiger partial charge in [-0.1, -0.05) is 11.6 Å². The predicted molar refractivity (Wildman–Crippen MR) is 58.0 cm³/mol. The van der Waals surface area contributed by atoms with Crippen molar-refractivity contribution in [2.24, 2.45) is 0 Å². The molecule has 0 bridgehead atoms. The quantitative estimate of drug-likeness (QED) is 0.851. The molecular formula is C9H10ClNO3S. The minimum absolute atomic E-state index is 0.0974. The maximum atomic E-state index is 11.3. The van der Waals surface area contributed by atoms with Gasteiger partial charge in [0.05, 0.1) is 15.5 Å². The van der Waals surface area contributed by atoms with Gasteiger partial charge in [-0.15, -0.1) is 0 Å². The molecule has 0 radical (unpaired) electrons. The summed E-state index contributed by atoms with van der Waals surface area (Å²) in [7, 11) is -1.82. The summed E-state index contributed by atoms with van der Waals surface area (Å²) in [5.74, 6) is -0.347. The standard InChI is InChI=1S/C9H10ClNO3S/c1-11-9(12)7-4-3-6(5-8(7)10)15(2,13)14/h3-5H,1-2H3,(H,11,12). The van der Waals surface area contributed by atoms with Gasteiger partial charge in [-0.05, 0) is 18.2 Å². The maximum Gasteiger partial charge on any atom is 0.252 e. The van der Waals surface area contributed by atoms with Crippen molar-refractivity contribution >= 4 is 27.3 Å². The fourth-order valence-electron chi connectivity index (χ4n) is 1.05.